The number of carbonyl (C=O) groups is 2. The van der Waals surface area contributed by atoms with Gasteiger partial charge >= 0.3 is 5.97 Å². The van der Waals surface area contributed by atoms with E-state index in [4.69, 9.17) is 11.6 Å². The van der Waals surface area contributed by atoms with E-state index in [0.29, 0.717) is 32.7 Å². The second-order valence-electron chi connectivity index (χ2n) is 7.24. The van der Waals surface area contributed by atoms with Crippen LogP contribution in [0.4, 0.5) is 0 Å². The van der Waals surface area contributed by atoms with Crippen molar-refractivity contribution in [2.24, 2.45) is 0 Å². The van der Waals surface area contributed by atoms with Gasteiger partial charge in [-0.2, -0.15) is 0 Å². The number of methoxy groups -OCH3 is 1. The van der Waals surface area contributed by atoms with Crippen LogP contribution in [0, 0.1) is 0 Å². The molecular weight excluding hydrogens is 450 g/mol. The average Bonchev–Trinajstić information content (AvgIpc) is 2.80. The van der Waals surface area contributed by atoms with Gasteiger partial charge in [-0.15, -0.1) is 0 Å². The number of aromatic nitrogens is 2. The van der Waals surface area contributed by atoms with Crippen molar-refractivity contribution in [1.29, 1.82) is 0 Å². The van der Waals surface area contributed by atoms with Gasteiger partial charge in [-0.1, -0.05) is 49.3 Å². The van der Waals surface area contributed by atoms with E-state index in [2.05, 4.69) is 28.9 Å². The second kappa shape index (κ2) is 10.7. The fraction of sp³-hybridized carbons (Fsp3) is 0.304. The van der Waals surface area contributed by atoms with Crippen LogP contribution in [0.5, 0.6) is 0 Å². The zero-order valence-corrected chi connectivity index (χ0v) is 19.6. The summed E-state index contributed by atoms with van der Waals surface area (Å²) in [5.41, 5.74) is 2.04. The molecule has 0 bridgehead atoms. The lowest BCUT2D eigenvalue weighted by molar-refractivity contribution is -0.140. The van der Waals surface area contributed by atoms with Crippen molar-refractivity contribution in [3.05, 3.63) is 63.4 Å². The third-order valence-electron chi connectivity index (χ3n) is 5.12. The van der Waals surface area contributed by atoms with Crippen LogP contribution in [0.2, 0.25) is 5.02 Å². The van der Waals surface area contributed by atoms with Gasteiger partial charge in [0.25, 0.3) is 5.56 Å². The van der Waals surface area contributed by atoms with E-state index < -0.39 is 5.97 Å². The van der Waals surface area contributed by atoms with Gasteiger partial charge in [-0.25, -0.2) is 4.98 Å². The van der Waals surface area contributed by atoms with Crippen LogP contribution in [0.3, 0.4) is 0 Å². The number of carbonyl (C=O) groups excluding carboxylic acids is 2. The first-order valence-corrected chi connectivity index (χ1v) is 11.5. The number of halogens is 1. The number of hydrogen-bond acceptors (Lipinski definition) is 6. The summed E-state index contributed by atoms with van der Waals surface area (Å²) in [5, 5.41) is 3.73. The van der Waals surface area contributed by atoms with Crippen LogP contribution in [0.1, 0.15) is 31.7 Å². The minimum atomic E-state index is -0.542. The molecule has 0 aliphatic carbocycles. The Morgan fingerprint density at radius 1 is 1.22 bits per heavy atom. The van der Waals surface area contributed by atoms with E-state index in [0.717, 1.165) is 18.2 Å². The summed E-state index contributed by atoms with van der Waals surface area (Å²) in [5.74, 6) is -0.537. The standard InChI is InChI=1S/C23H24ClN3O4S/c1-4-14(2)15-5-8-17(9-6-15)27-22(30)18-10-7-16(24)11-19(18)26-23(27)32-13-20(28)25-12-21(29)31-3/h5-11,14H,4,12-13H2,1-3H3,(H,25,28). The third-order valence-corrected chi connectivity index (χ3v) is 6.30. The van der Waals surface area contributed by atoms with Crippen LogP contribution in [-0.4, -0.2) is 40.8 Å². The van der Waals surface area contributed by atoms with Gasteiger partial charge in [0.05, 0.1) is 29.5 Å². The van der Waals surface area contributed by atoms with Crippen molar-refractivity contribution in [1.82, 2.24) is 14.9 Å². The molecule has 7 nitrogen and oxygen atoms in total. The lowest BCUT2D eigenvalue weighted by Crippen LogP contribution is -2.31. The summed E-state index contributed by atoms with van der Waals surface area (Å²) in [6.45, 7) is 4.05. The molecule has 2 aromatic carbocycles. The highest BCUT2D eigenvalue weighted by Crippen LogP contribution is 2.25. The number of nitrogens with one attached hydrogen (secondary N) is 1. The lowest BCUT2D eigenvalue weighted by Gasteiger charge is -2.15. The normalized spacial score (nSPS) is 11.9. The van der Waals surface area contributed by atoms with Crippen LogP contribution in [0.15, 0.2) is 52.4 Å². The molecule has 0 radical (unpaired) electrons. The van der Waals surface area contributed by atoms with Gasteiger partial charge < -0.3 is 10.1 Å². The summed E-state index contributed by atoms with van der Waals surface area (Å²) in [6, 6.07) is 12.7. The number of nitrogens with zero attached hydrogens (tertiary/aromatic N) is 2. The number of benzene rings is 2. The summed E-state index contributed by atoms with van der Waals surface area (Å²) in [7, 11) is 1.25. The first kappa shape index (κ1) is 23.8. The van der Waals surface area contributed by atoms with Crippen LogP contribution < -0.4 is 10.9 Å². The SMILES string of the molecule is CCC(C)c1ccc(-n2c(SCC(=O)NCC(=O)OC)nc3cc(Cl)ccc3c2=O)cc1. The molecule has 0 fully saturated rings. The van der Waals surface area contributed by atoms with Crippen LogP contribution >= 0.6 is 23.4 Å². The molecule has 9 heteroatoms. The molecule has 3 aromatic rings. The maximum Gasteiger partial charge on any atom is 0.325 e. The molecule has 0 spiro atoms. The van der Waals surface area contributed by atoms with E-state index in [1.54, 1.807) is 18.2 Å². The summed E-state index contributed by atoms with van der Waals surface area (Å²) in [6.07, 6.45) is 1.01. The van der Waals surface area contributed by atoms with Crippen molar-refractivity contribution < 1.29 is 14.3 Å². The highest BCUT2D eigenvalue weighted by molar-refractivity contribution is 7.99. The van der Waals surface area contributed by atoms with Gasteiger partial charge in [0, 0.05) is 5.02 Å². The number of fused-ring (bicyclic) bond motifs is 1. The Labute approximate surface area is 195 Å². The molecule has 0 saturated carbocycles. The van der Waals surface area contributed by atoms with Crippen LogP contribution in [-0.2, 0) is 14.3 Å². The summed E-state index contributed by atoms with van der Waals surface area (Å²) >= 11 is 7.19. The van der Waals surface area contributed by atoms with Gasteiger partial charge in [-0.3, -0.25) is 19.0 Å². The lowest BCUT2D eigenvalue weighted by atomic mass is 9.98. The average molecular weight is 474 g/mol. The number of thioether (sulfide) groups is 1. The van der Waals surface area contributed by atoms with Crippen molar-refractivity contribution in [2.75, 3.05) is 19.4 Å². The molecule has 1 heterocycles. The Bertz CT molecular complexity index is 1190. The Hall–Kier alpha value is -2.84. The minimum absolute atomic E-state index is 0.0273. The van der Waals surface area contributed by atoms with Gasteiger partial charge in [0.1, 0.15) is 6.54 Å². The highest BCUT2D eigenvalue weighted by Gasteiger charge is 2.16. The monoisotopic (exact) mass is 473 g/mol. The number of ether oxygens (including phenoxy) is 1. The van der Waals surface area contributed by atoms with E-state index in [-0.39, 0.29) is 23.8 Å². The smallest absolute Gasteiger partial charge is 0.325 e. The fourth-order valence-corrected chi connectivity index (χ4v) is 4.08. The molecule has 0 aliphatic rings. The summed E-state index contributed by atoms with van der Waals surface area (Å²) in [4.78, 5) is 41.3. The predicted octanol–water partition coefficient (Wildman–Crippen LogP) is 3.93. The second-order valence-corrected chi connectivity index (χ2v) is 8.62. The maximum atomic E-state index is 13.3. The molecule has 1 unspecified atom stereocenters. The quantitative estimate of drug-likeness (QED) is 0.303. The van der Waals surface area contributed by atoms with E-state index in [1.807, 2.05) is 24.3 Å². The Morgan fingerprint density at radius 2 is 1.94 bits per heavy atom. The molecule has 32 heavy (non-hydrogen) atoms. The van der Waals surface area contributed by atoms with Crippen molar-refractivity contribution in [3.63, 3.8) is 0 Å². The molecule has 1 N–H and O–H groups in total. The Kier molecular flexibility index (Phi) is 7.93. The minimum Gasteiger partial charge on any atom is -0.468 e. The molecule has 0 aliphatic heterocycles. The zero-order valence-electron chi connectivity index (χ0n) is 18.1. The fourth-order valence-electron chi connectivity index (χ4n) is 3.07. The van der Waals surface area contributed by atoms with Gasteiger partial charge in [0.2, 0.25) is 5.91 Å². The van der Waals surface area contributed by atoms with Gasteiger partial charge in [0.15, 0.2) is 5.16 Å². The number of rotatable bonds is 8. The van der Waals surface area contributed by atoms with Gasteiger partial charge in [-0.05, 0) is 48.2 Å². The van der Waals surface area contributed by atoms with Crippen molar-refractivity contribution in [3.8, 4) is 5.69 Å². The van der Waals surface area contributed by atoms with Crippen molar-refractivity contribution >= 4 is 46.1 Å². The topological polar surface area (TPSA) is 90.3 Å². The zero-order chi connectivity index (χ0) is 23.3. The van der Waals surface area contributed by atoms with Crippen molar-refractivity contribution in [2.45, 2.75) is 31.3 Å². The van der Waals surface area contributed by atoms with E-state index in [1.165, 1.54) is 17.2 Å². The molecule has 1 aromatic heterocycles. The number of amides is 1. The summed E-state index contributed by atoms with van der Waals surface area (Å²) < 4.78 is 6.01. The highest BCUT2D eigenvalue weighted by atomic mass is 35.5. The molecule has 1 atom stereocenters. The first-order valence-electron chi connectivity index (χ1n) is 10.1. The largest absolute Gasteiger partial charge is 0.468 e. The molecular formula is C23H24ClN3O4S. The number of hydrogen-bond donors (Lipinski definition) is 1. The predicted molar refractivity (Wildman–Crippen MR) is 127 cm³/mol. The molecule has 0 saturated heterocycles. The molecule has 168 valence electrons. The molecule has 1 amide bonds. The van der Waals surface area contributed by atoms with E-state index in [9.17, 15) is 14.4 Å². The van der Waals surface area contributed by atoms with E-state index >= 15 is 0 Å². The number of esters is 1. The third kappa shape index (κ3) is 5.49. The molecule has 3 rings (SSSR count). The first-order chi connectivity index (χ1) is 15.3. The van der Waals surface area contributed by atoms with Crippen LogP contribution in [0.25, 0.3) is 16.6 Å². The maximum absolute atomic E-state index is 13.3. The Morgan fingerprint density at radius 3 is 2.59 bits per heavy atom. The Balaban J connectivity index is 1.99.